The molecule has 0 amide bonds. The maximum absolute atomic E-state index is 12.0. The maximum Gasteiger partial charge on any atom is 0.296 e. The Balaban J connectivity index is 0.000000810. The molecule has 0 radical (unpaired) electrons. The lowest BCUT2D eigenvalue weighted by Gasteiger charge is -2.03. The van der Waals surface area contributed by atoms with E-state index in [2.05, 4.69) is 10.2 Å². The SMILES string of the molecule is Cl.Cl.NCCc1nnc2c(=O)n(C3CC3)ccn12. The number of fused-ring (bicyclic) bond motifs is 1. The molecule has 1 saturated carbocycles. The molecule has 6 nitrogen and oxygen atoms in total. The van der Waals surface area contributed by atoms with Gasteiger partial charge in [0.1, 0.15) is 5.82 Å². The number of rotatable bonds is 3. The van der Waals surface area contributed by atoms with Gasteiger partial charge in [-0.1, -0.05) is 0 Å². The second-order valence-electron chi connectivity index (χ2n) is 4.09. The Morgan fingerprint density at radius 1 is 1.28 bits per heavy atom. The molecule has 0 saturated heterocycles. The van der Waals surface area contributed by atoms with Crippen molar-refractivity contribution < 1.29 is 0 Å². The Morgan fingerprint density at radius 3 is 2.61 bits per heavy atom. The smallest absolute Gasteiger partial charge is 0.296 e. The minimum Gasteiger partial charge on any atom is -0.330 e. The fourth-order valence-electron chi connectivity index (χ4n) is 1.89. The van der Waals surface area contributed by atoms with E-state index in [-0.39, 0.29) is 30.4 Å². The third-order valence-electron chi connectivity index (χ3n) is 2.88. The van der Waals surface area contributed by atoms with E-state index in [1.807, 2.05) is 12.4 Å². The van der Waals surface area contributed by atoms with Crippen molar-refractivity contribution in [3.8, 4) is 0 Å². The van der Waals surface area contributed by atoms with Crippen LogP contribution in [0.4, 0.5) is 0 Å². The van der Waals surface area contributed by atoms with E-state index in [9.17, 15) is 4.79 Å². The zero-order chi connectivity index (χ0) is 11.1. The van der Waals surface area contributed by atoms with Gasteiger partial charge in [0.15, 0.2) is 0 Å². The molecule has 18 heavy (non-hydrogen) atoms. The summed E-state index contributed by atoms with van der Waals surface area (Å²) in [7, 11) is 0. The van der Waals surface area contributed by atoms with Gasteiger partial charge >= 0.3 is 0 Å². The molecule has 100 valence electrons. The molecule has 0 unspecified atom stereocenters. The molecule has 2 aromatic rings. The van der Waals surface area contributed by atoms with Gasteiger partial charge in [-0.05, 0) is 19.4 Å². The van der Waals surface area contributed by atoms with Crippen LogP contribution in [0.1, 0.15) is 24.7 Å². The number of nitrogens with zero attached hydrogens (tertiary/aromatic N) is 4. The van der Waals surface area contributed by atoms with Gasteiger partial charge in [0.25, 0.3) is 5.56 Å². The number of aromatic nitrogens is 4. The van der Waals surface area contributed by atoms with Gasteiger partial charge in [-0.15, -0.1) is 35.0 Å². The minimum absolute atomic E-state index is 0. The van der Waals surface area contributed by atoms with E-state index in [1.54, 1.807) is 8.97 Å². The summed E-state index contributed by atoms with van der Waals surface area (Å²) in [5.74, 6) is 0.748. The predicted octanol–water partition coefficient (Wildman–Crippen LogP) is 0.571. The standard InChI is InChI=1S/C10H13N5O.2ClH/c11-4-3-8-12-13-9-10(16)14(7-1-2-7)5-6-15(8)9;;/h5-7H,1-4,11H2;2*1H. The third kappa shape index (κ3) is 2.36. The first kappa shape index (κ1) is 14.9. The largest absolute Gasteiger partial charge is 0.330 e. The van der Waals surface area contributed by atoms with Gasteiger partial charge in [-0.3, -0.25) is 9.20 Å². The van der Waals surface area contributed by atoms with Gasteiger partial charge in [0.05, 0.1) is 0 Å². The first-order valence-corrected chi connectivity index (χ1v) is 5.46. The Hall–Kier alpha value is -1.11. The lowest BCUT2D eigenvalue weighted by Crippen LogP contribution is -2.21. The summed E-state index contributed by atoms with van der Waals surface area (Å²) < 4.78 is 3.48. The van der Waals surface area contributed by atoms with Crippen LogP contribution in [-0.4, -0.2) is 25.7 Å². The summed E-state index contributed by atoms with van der Waals surface area (Å²) in [4.78, 5) is 12.0. The number of hydrogen-bond donors (Lipinski definition) is 1. The summed E-state index contributed by atoms with van der Waals surface area (Å²) in [6.45, 7) is 0.506. The molecule has 2 aromatic heterocycles. The summed E-state index contributed by atoms with van der Waals surface area (Å²) >= 11 is 0. The van der Waals surface area contributed by atoms with Crippen LogP contribution in [0, 0.1) is 0 Å². The van der Waals surface area contributed by atoms with E-state index >= 15 is 0 Å². The van der Waals surface area contributed by atoms with Crippen LogP contribution in [0.15, 0.2) is 17.2 Å². The maximum atomic E-state index is 12.0. The Labute approximate surface area is 116 Å². The summed E-state index contributed by atoms with van der Waals surface area (Å²) in [6.07, 6.45) is 6.46. The van der Waals surface area contributed by atoms with Crippen LogP contribution in [-0.2, 0) is 6.42 Å². The van der Waals surface area contributed by atoms with Crippen molar-refractivity contribution in [1.29, 1.82) is 0 Å². The molecule has 0 bridgehead atoms. The molecule has 2 heterocycles. The molecule has 0 atom stereocenters. The quantitative estimate of drug-likeness (QED) is 0.897. The number of halogens is 2. The molecular weight excluding hydrogens is 277 g/mol. The van der Waals surface area contributed by atoms with E-state index < -0.39 is 0 Å². The fourth-order valence-corrected chi connectivity index (χ4v) is 1.89. The molecule has 1 aliphatic carbocycles. The highest BCUT2D eigenvalue weighted by molar-refractivity contribution is 5.85. The van der Waals surface area contributed by atoms with Gasteiger partial charge in [-0.25, -0.2) is 0 Å². The molecular formula is C10H15Cl2N5O. The molecule has 2 N–H and O–H groups in total. The zero-order valence-corrected chi connectivity index (χ0v) is 11.3. The Kier molecular flexibility index (Phi) is 4.72. The lowest BCUT2D eigenvalue weighted by molar-refractivity contribution is 0.698. The Morgan fingerprint density at radius 2 is 2.00 bits per heavy atom. The highest BCUT2D eigenvalue weighted by atomic mass is 35.5. The highest BCUT2D eigenvalue weighted by Gasteiger charge is 2.25. The van der Waals surface area contributed by atoms with Gasteiger partial charge < -0.3 is 10.3 Å². The second-order valence-corrected chi connectivity index (χ2v) is 4.09. The summed E-state index contributed by atoms with van der Waals surface area (Å²) in [5.41, 5.74) is 5.82. The molecule has 8 heteroatoms. The fraction of sp³-hybridized carbons (Fsp3) is 0.500. The van der Waals surface area contributed by atoms with Gasteiger partial charge in [-0.2, -0.15) is 0 Å². The van der Waals surface area contributed by atoms with Crippen molar-refractivity contribution in [2.24, 2.45) is 5.73 Å². The van der Waals surface area contributed by atoms with Gasteiger partial charge in [0, 0.05) is 24.9 Å². The number of hydrogen-bond acceptors (Lipinski definition) is 4. The van der Waals surface area contributed by atoms with Crippen molar-refractivity contribution in [2.75, 3.05) is 6.54 Å². The van der Waals surface area contributed by atoms with Crippen LogP contribution < -0.4 is 11.3 Å². The van der Waals surface area contributed by atoms with Crippen molar-refractivity contribution in [2.45, 2.75) is 25.3 Å². The van der Waals surface area contributed by atoms with Crippen molar-refractivity contribution in [3.05, 3.63) is 28.6 Å². The van der Waals surface area contributed by atoms with Gasteiger partial charge in [0.2, 0.25) is 5.65 Å². The van der Waals surface area contributed by atoms with Crippen LogP contribution in [0.25, 0.3) is 5.65 Å². The average Bonchev–Trinajstić information content (AvgIpc) is 3.03. The first-order valence-electron chi connectivity index (χ1n) is 5.46. The minimum atomic E-state index is -0.0548. The predicted molar refractivity (Wildman–Crippen MR) is 72.8 cm³/mol. The van der Waals surface area contributed by atoms with E-state index in [4.69, 9.17) is 5.73 Å². The average molecular weight is 292 g/mol. The normalized spacial score (nSPS) is 14.1. The lowest BCUT2D eigenvalue weighted by atomic mass is 10.4. The van der Waals surface area contributed by atoms with E-state index in [1.165, 1.54) is 0 Å². The van der Waals surface area contributed by atoms with Crippen molar-refractivity contribution >= 4 is 30.5 Å². The summed E-state index contributed by atoms with van der Waals surface area (Å²) in [5, 5.41) is 7.92. The Bertz CT molecular complexity index is 589. The van der Waals surface area contributed by atoms with Crippen LogP contribution in [0.5, 0.6) is 0 Å². The van der Waals surface area contributed by atoms with E-state index in [0.29, 0.717) is 24.7 Å². The van der Waals surface area contributed by atoms with Crippen LogP contribution in [0.3, 0.4) is 0 Å². The van der Waals surface area contributed by atoms with E-state index in [0.717, 1.165) is 18.7 Å². The van der Waals surface area contributed by atoms with Crippen LogP contribution in [0.2, 0.25) is 0 Å². The first-order chi connectivity index (χ1) is 7.81. The topological polar surface area (TPSA) is 78.2 Å². The molecule has 0 aromatic carbocycles. The highest BCUT2D eigenvalue weighted by Crippen LogP contribution is 2.33. The second kappa shape index (κ2) is 5.69. The molecule has 3 rings (SSSR count). The van der Waals surface area contributed by atoms with Crippen molar-refractivity contribution in [3.63, 3.8) is 0 Å². The molecule has 1 aliphatic rings. The zero-order valence-electron chi connectivity index (χ0n) is 9.65. The number of nitrogens with two attached hydrogens (primary N) is 1. The monoisotopic (exact) mass is 291 g/mol. The van der Waals surface area contributed by atoms with Crippen LogP contribution >= 0.6 is 24.8 Å². The molecule has 0 spiro atoms. The molecule has 1 fully saturated rings. The summed E-state index contributed by atoms with van der Waals surface area (Å²) in [6, 6.07) is 0.368. The third-order valence-corrected chi connectivity index (χ3v) is 2.88. The molecule has 0 aliphatic heterocycles. The van der Waals surface area contributed by atoms with Crippen molar-refractivity contribution in [1.82, 2.24) is 19.2 Å².